The Bertz CT molecular complexity index is 156. The average molecular weight is 204 g/mol. The number of rotatable bonds is 8. The van der Waals surface area contributed by atoms with Crippen molar-refractivity contribution in [1.29, 1.82) is 0 Å². The number of carbonyl (C=O) groups is 1. The lowest BCUT2D eigenvalue weighted by atomic mass is 10.2. The number of hydrogen-bond donors (Lipinski definition) is 1. The van der Waals surface area contributed by atoms with Crippen molar-refractivity contribution in [3.05, 3.63) is 0 Å². The lowest BCUT2D eigenvalue weighted by molar-refractivity contribution is -0.140. The average Bonchev–Trinajstić information content (AvgIpc) is 2.01. The van der Waals surface area contributed by atoms with Gasteiger partial charge in [0.15, 0.2) is 0 Å². The second-order valence-electron chi connectivity index (χ2n) is 3.75. The van der Waals surface area contributed by atoms with E-state index in [9.17, 15) is 4.79 Å². The van der Waals surface area contributed by atoms with Crippen LogP contribution in [0.25, 0.3) is 0 Å². The minimum Gasteiger partial charge on any atom is -0.481 e. The molecule has 0 heterocycles. The van der Waals surface area contributed by atoms with E-state index < -0.39 is 5.97 Å². The minimum atomic E-state index is -0.833. The molecule has 0 aliphatic heterocycles. The lowest BCUT2D eigenvalue weighted by Gasteiger charge is -2.11. The first-order chi connectivity index (χ1) is 6.52. The number of ether oxygens (including phenoxy) is 2. The van der Waals surface area contributed by atoms with E-state index in [0.717, 1.165) is 6.61 Å². The van der Waals surface area contributed by atoms with Crippen LogP contribution in [0.1, 0.15) is 27.2 Å². The zero-order valence-corrected chi connectivity index (χ0v) is 9.16. The minimum absolute atomic E-state index is 0.0458. The van der Waals surface area contributed by atoms with Crippen LogP contribution in [0.15, 0.2) is 0 Å². The van der Waals surface area contributed by atoms with Gasteiger partial charge in [-0.15, -0.1) is 0 Å². The monoisotopic (exact) mass is 204 g/mol. The van der Waals surface area contributed by atoms with Crippen LogP contribution in [0, 0.1) is 5.92 Å². The van der Waals surface area contributed by atoms with Crippen LogP contribution in [0.5, 0.6) is 0 Å². The molecule has 0 bridgehead atoms. The second-order valence-corrected chi connectivity index (χ2v) is 3.75. The van der Waals surface area contributed by atoms with Crippen LogP contribution in [0.2, 0.25) is 0 Å². The zero-order valence-electron chi connectivity index (χ0n) is 9.16. The molecule has 0 aliphatic rings. The van der Waals surface area contributed by atoms with Gasteiger partial charge in [0.05, 0.1) is 25.7 Å². The number of hydrogen-bond acceptors (Lipinski definition) is 3. The summed E-state index contributed by atoms with van der Waals surface area (Å²) < 4.78 is 10.5. The molecule has 0 saturated heterocycles. The smallest absolute Gasteiger partial charge is 0.305 e. The van der Waals surface area contributed by atoms with Crippen molar-refractivity contribution in [1.82, 2.24) is 0 Å². The summed E-state index contributed by atoms with van der Waals surface area (Å²) in [7, 11) is 0. The van der Waals surface area contributed by atoms with Crippen LogP contribution in [-0.4, -0.2) is 37.0 Å². The summed E-state index contributed by atoms with van der Waals surface area (Å²) in [6.07, 6.45) is -0.195. The van der Waals surface area contributed by atoms with Gasteiger partial charge >= 0.3 is 5.97 Å². The Morgan fingerprint density at radius 1 is 1.29 bits per heavy atom. The van der Waals surface area contributed by atoms with E-state index in [-0.39, 0.29) is 12.5 Å². The summed E-state index contributed by atoms with van der Waals surface area (Å²) in [5, 5.41) is 8.45. The van der Waals surface area contributed by atoms with Crippen molar-refractivity contribution in [3.8, 4) is 0 Å². The maximum Gasteiger partial charge on any atom is 0.305 e. The van der Waals surface area contributed by atoms with Gasteiger partial charge in [0.25, 0.3) is 0 Å². The highest BCUT2D eigenvalue weighted by atomic mass is 16.5. The Balaban J connectivity index is 3.23. The van der Waals surface area contributed by atoms with Gasteiger partial charge in [-0.3, -0.25) is 4.79 Å². The zero-order chi connectivity index (χ0) is 11.0. The highest BCUT2D eigenvalue weighted by Crippen LogP contribution is 1.97. The predicted molar refractivity (Wildman–Crippen MR) is 53.3 cm³/mol. The SMILES string of the molecule is CC(C)COCCO[C@H](C)CC(=O)O. The Morgan fingerprint density at radius 2 is 1.93 bits per heavy atom. The van der Waals surface area contributed by atoms with E-state index in [0.29, 0.717) is 19.1 Å². The molecule has 1 atom stereocenters. The molecule has 0 aromatic carbocycles. The molecule has 0 spiro atoms. The van der Waals surface area contributed by atoms with Crippen molar-refractivity contribution in [2.45, 2.75) is 33.3 Å². The molecule has 14 heavy (non-hydrogen) atoms. The van der Waals surface area contributed by atoms with Gasteiger partial charge in [-0.05, 0) is 12.8 Å². The third kappa shape index (κ3) is 9.48. The summed E-state index contributed by atoms with van der Waals surface area (Å²) in [5.41, 5.74) is 0. The van der Waals surface area contributed by atoms with Crippen LogP contribution < -0.4 is 0 Å². The van der Waals surface area contributed by atoms with Crippen LogP contribution in [0.3, 0.4) is 0 Å². The topological polar surface area (TPSA) is 55.8 Å². The third-order valence-corrected chi connectivity index (χ3v) is 1.54. The molecule has 84 valence electrons. The van der Waals surface area contributed by atoms with Crippen molar-refractivity contribution in [3.63, 3.8) is 0 Å². The molecule has 0 saturated carbocycles. The lowest BCUT2D eigenvalue weighted by Crippen LogP contribution is -2.17. The van der Waals surface area contributed by atoms with E-state index in [1.807, 2.05) is 0 Å². The molecule has 4 heteroatoms. The fraction of sp³-hybridized carbons (Fsp3) is 0.900. The predicted octanol–water partition coefficient (Wildman–Crippen LogP) is 1.54. The molecule has 1 N–H and O–H groups in total. The highest BCUT2D eigenvalue weighted by Gasteiger charge is 2.06. The van der Waals surface area contributed by atoms with Gasteiger partial charge in [0.1, 0.15) is 0 Å². The van der Waals surface area contributed by atoms with E-state index >= 15 is 0 Å². The summed E-state index contributed by atoms with van der Waals surface area (Å²) in [6, 6.07) is 0. The van der Waals surface area contributed by atoms with Crippen LogP contribution >= 0.6 is 0 Å². The van der Waals surface area contributed by atoms with Gasteiger partial charge in [0.2, 0.25) is 0 Å². The van der Waals surface area contributed by atoms with Gasteiger partial charge in [-0.25, -0.2) is 0 Å². The first-order valence-corrected chi connectivity index (χ1v) is 4.93. The fourth-order valence-electron chi connectivity index (χ4n) is 0.932. The largest absolute Gasteiger partial charge is 0.481 e. The van der Waals surface area contributed by atoms with Crippen molar-refractivity contribution in [2.75, 3.05) is 19.8 Å². The second kappa shape index (κ2) is 7.76. The molecular weight excluding hydrogens is 184 g/mol. The molecule has 0 fully saturated rings. The molecule has 0 amide bonds. The van der Waals surface area contributed by atoms with Gasteiger partial charge in [-0.2, -0.15) is 0 Å². The maximum absolute atomic E-state index is 10.3. The summed E-state index contributed by atoms with van der Waals surface area (Å²) in [4.78, 5) is 10.3. The fourth-order valence-corrected chi connectivity index (χ4v) is 0.932. The summed E-state index contributed by atoms with van der Waals surface area (Å²) in [6.45, 7) is 7.61. The molecule has 4 nitrogen and oxygen atoms in total. The van der Waals surface area contributed by atoms with Crippen LogP contribution in [0.4, 0.5) is 0 Å². The van der Waals surface area contributed by atoms with Gasteiger partial charge in [0, 0.05) is 6.61 Å². The summed E-state index contributed by atoms with van der Waals surface area (Å²) >= 11 is 0. The highest BCUT2D eigenvalue weighted by molar-refractivity contribution is 5.67. The molecule has 0 aromatic rings. The Hall–Kier alpha value is -0.610. The normalized spacial score (nSPS) is 13.1. The van der Waals surface area contributed by atoms with E-state index in [1.54, 1.807) is 6.92 Å². The molecule has 0 radical (unpaired) electrons. The number of aliphatic carboxylic acids is 1. The first-order valence-electron chi connectivity index (χ1n) is 4.93. The van der Waals surface area contributed by atoms with E-state index in [2.05, 4.69) is 13.8 Å². The van der Waals surface area contributed by atoms with Gasteiger partial charge < -0.3 is 14.6 Å². The standard InChI is InChI=1S/C10H20O4/c1-8(2)7-13-4-5-14-9(3)6-10(11)12/h8-9H,4-7H2,1-3H3,(H,11,12)/t9-/m1/s1. The Kier molecular flexibility index (Phi) is 7.42. The maximum atomic E-state index is 10.3. The molecule has 0 aromatic heterocycles. The van der Waals surface area contributed by atoms with E-state index in [1.165, 1.54) is 0 Å². The molecule has 0 unspecified atom stereocenters. The molecule has 0 rings (SSSR count). The van der Waals surface area contributed by atoms with Crippen molar-refractivity contribution < 1.29 is 19.4 Å². The summed E-state index contributed by atoms with van der Waals surface area (Å²) in [5.74, 6) is -0.313. The number of carboxylic acids is 1. The first kappa shape index (κ1) is 13.4. The molecule has 0 aliphatic carbocycles. The Labute approximate surface area is 85.2 Å². The van der Waals surface area contributed by atoms with Crippen LogP contribution in [-0.2, 0) is 14.3 Å². The quantitative estimate of drug-likeness (QED) is 0.609. The Morgan fingerprint density at radius 3 is 2.43 bits per heavy atom. The third-order valence-electron chi connectivity index (χ3n) is 1.54. The number of carboxylic acid groups (broad SMARTS) is 1. The molecular formula is C10H20O4. The van der Waals surface area contributed by atoms with Gasteiger partial charge in [-0.1, -0.05) is 13.8 Å². The van der Waals surface area contributed by atoms with Crippen molar-refractivity contribution in [2.24, 2.45) is 5.92 Å². The van der Waals surface area contributed by atoms with Crippen molar-refractivity contribution >= 4 is 5.97 Å². The van der Waals surface area contributed by atoms with E-state index in [4.69, 9.17) is 14.6 Å².